The first-order valence-corrected chi connectivity index (χ1v) is 7.33. The standard InChI is InChI=1S/C15H14F4N4O2/c16-11-6-21-14(23-13(11)20)22-7-1-2-12(10(3-7)15(17,18)19)25-9-4-8(24)5-9/h1-3,6,8-9,24H,4-5H2,(H3,20,21,22,23). The second kappa shape index (κ2) is 6.36. The van der Waals surface area contributed by atoms with Crippen LogP contribution in [-0.2, 0) is 6.18 Å². The Morgan fingerprint density at radius 2 is 2.00 bits per heavy atom. The molecule has 1 aromatic carbocycles. The monoisotopic (exact) mass is 358 g/mol. The van der Waals surface area contributed by atoms with Gasteiger partial charge in [-0.05, 0) is 18.2 Å². The van der Waals surface area contributed by atoms with Gasteiger partial charge in [0, 0.05) is 18.5 Å². The van der Waals surface area contributed by atoms with E-state index in [9.17, 15) is 22.7 Å². The van der Waals surface area contributed by atoms with Gasteiger partial charge in [-0.25, -0.2) is 9.37 Å². The number of nitrogens with zero attached hydrogens (tertiary/aromatic N) is 2. The highest BCUT2D eigenvalue weighted by Gasteiger charge is 2.37. The van der Waals surface area contributed by atoms with Crippen molar-refractivity contribution < 1.29 is 27.4 Å². The highest BCUT2D eigenvalue weighted by Crippen LogP contribution is 2.40. The summed E-state index contributed by atoms with van der Waals surface area (Å²) in [6.45, 7) is 0. The minimum absolute atomic E-state index is 0.0410. The number of halogens is 4. The minimum Gasteiger partial charge on any atom is -0.490 e. The summed E-state index contributed by atoms with van der Waals surface area (Å²) >= 11 is 0. The van der Waals surface area contributed by atoms with E-state index in [1.54, 1.807) is 0 Å². The summed E-state index contributed by atoms with van der Waals surface area (Å²) in [4.78, 5) is 7.21. The molecule has 1 fully saturated rings. The number of hydrogen-bond acceptors (Lipinski definition) is 6. The van der Waals surface area contributed by atoms with Gasteiger partial charge in [-0.3, -0.25) is 0 Å². The molecule has 25 heavy (non-hydrogen) atoms. The largest absolute Gasteiger partial charge is 0.490 e. The Morgan fingerprint density at radius 3 is 2.60 bits per heavy atom. The molecule has 6 nitrogen and oxygen atoms in total. The van der Waals surface area contributed by atoms with Gasteiger partial charge in [-0.15, -0.1) is 0 Å². The van der Waals surface area contributed by atoms with E-state index in [1.807, 2.05) is 0 Å². The molecule has 2 aromatic rings. The second-order valence-corrected chi connectivity index (χ2v) is 5.63. The van der Waals surface area contributed by atoms with Crippen molar-refractivity contribution in [1.82, 2.24) is 9.97 Å². The van der Waals surface area contributed by atoms with Crippen molar-refractivity contribution in [2.24, 2.45) is 0 Å². The van der Waals surface area contributed by atoms with E-state index in [0.717, 1.165) is 12.3 Å². The highest BCUT2D eigenvalue weighted by molar-refractivity contribution is 5.58. The van der Waals surface area contributed by atoms with Crippen LogP contribution in [0.25, 0.3) is 0 Å². The van der Waals surface area contributed by atoms with Crippen LogP contribution in [0.2, 0.25) is 0 Å². The molecule has 0 saturated heterocycles. The van der Waals surface area contributed by atoms with Crippen LogP contribution in [0.1, 0.15) is 18.4 Å². The van der Waals surface area contributed by atoms with Crippen LogP contribution < -0.4 is 15.8 Å². The average molecular weight is 358 g/mol. The molecule has 0 bridgehead atoms. The van der Waals surface area contributed by atoms with E-state index >= 15 is 0 Å². The van der Waals surface area contributed by atoms with Crippen molar-refractivity contribution in [3.05, 3.63) is 35.8 Å². The molecule has 4 N–H and O–H groups in total. The number of hydrogen-bond donors (Lipinski definition) is 3. The van der Waals surface area contributed by atoms with E-state index in [2.05, 4.69) is 15.3 Å². The Labute approximate surface area is 139 Å². The lowest BCUT2D eigenvalue weighted by Crippen LogP contribution is -2.37. The number of nitrogens with one attached hydrogen (secondary N) is 1. The first-order chi connectivity index (χ1) is 11.7. The molecule has 1 heterocycles. The number of aliphatic hydroxyl groups is 1. The molecule has 1 aliphatic carbocycles. The van der Waals surface area contributed by atoms with Gasteiger partial charge in [-0.1, -0.05) is 0 Å². The molecule has 0 spiro atoms. The Bertz CT molecular complexity index is 779. The predicted molar refractivity (Wildman–Crippen MR) is 80.8 cm³/mol. The Balaban J connectivity index is 1.84. The molecule has 0 aliphatic heterocycles. The van der Waals surface area contributed by atoms with Crippen molar-refractivity contribution in [2.75, 3.05) is 11.1 Å². The molecular formula is C15H14F4N4O2. The van der Waals surface area contributed by atoms with Crippen molar-refractivity contribution >= 4 is 17.5 Å². The van der Waals surface area contributed by atoms with Gasteiger partial charge in [0.2, 0.25) is 5.95 Å². The van der Waals surface area contributed by atoms with Gasteiger partial charge in [0.05, 0.1) is 17.9 Å². The van der Waals surface area contributed by atoms with E-state index < -0.39 is 35.6 Å². The zero-order valence-corrected chi connectivity index (χ0v) is 12.7. The molecular weight excluding hydrogens is 344 g/mol. The maximum Gasteiger partial charge on any atom is 0.420 e. The van der Waals surface area contributed by atoms with Crippen LogP contribution in [0, 0.1) is 5.82 Å². The summed E-state index contributed by atoms with van der Waals surface area (Å²) in [5, 5.41) is 11.7. The molecule has 0 radical (unpaired) electrons. The number of benzene rings is 1. The number of anilines is 3. The summed E-state index contributed by atoms with van der Waals surface area (Å²) in [5.41, 5.74) is 4.36. The topological polar surface area (TPSA) is 93.3 Å². The molecule has 1 saturated carbocycles. The first kappa shape index (κ1) is 17.2. The van der Waals surface area contributed by atoms with Gasteiger partial charge in [-0.2, -0.15) is 18.2 Å². The Hall–Kier alpha value is -2.62. The van der Waals surface area contributed by atoms with Crippen molar-refractivity contribution in [2.45, 2.75) is 31.2 Å². The van der Waals surface area contributed by atoms with Crippen molar-refractivity contribution in [3.63, 3.8) is 0 Å². The third kappa shape index (κ3) is 3.90. The van der Waals surface area contributed by atoms with Crippen LogP contribution in [-0.4, -0.2) is 27.3 Å². The number of aromatic nitrogens is 2. The third-order valence-corrected chi connectivity index (χ3v) is 3.68. The van der Waals surface area contributed by atoms with E-state index in [-0.39, 0.29) is 17.4 Å². The molecule has 3 rings (SSSR count). The maximum atomic E-state index is 13.3. The molecule has 1 aromatic heterocycles. The lowest BCUT2D eigenvalue weighted by molar-refractivity contribution is -0.140. The quantitative estimate of drug-likeness (QED) is 0.728. The van der Waals surface area contributed by atoms with Gasteiger partial charge in [0.1, 0.15) is 11.9 Å². The van der Waals surface area contributed by atoms with E-state index in [1.165, 1.54) is 12.1 Å². The van der Waals surface area contributed by atoms with Crippen LogP contribution in [0.3, 0.4) is 0 Å². The summed E-state index contributed by atoms with van der Waals surface area (Å²) in [6.07, 6.45) is -4.23. The lowest BCUT2D eigenvalue weighted by Gasteiger charge is -2.32. The SMILES string of the molecule is Nc1nc(Nc2ccc(OC3CC(O)C3)c(C(F)(F)F)c2)ncc1F. The minimum atomic E-state index is -4.64. The fraction of sp³-hybridized carbons (Fsp3) is 0.333. The van der Waals surface area contributed by atoms with E-state index in [4.69, 9.17) is 10.5 Å². The first-order valence-electron chi connectivity index (χ1n) is 7.33. The molecule has 0 amide bonds. The lowest BCUT2D eigenvalue weighted by atomic mass is 9.92. The number of aliphatic hydroxyl groups excluding tert-OH is 1. The van der Waals surface area contributed by atoms with Gasteiger partial charge >= 0.3 is 6.18 Å². The van der Waals surface area contributed by atoms with Crippen LogP contribution >= 0.6 is 0 Å². The Morgan fingerprint density at radius 1 is 1.28 bits per heavy atom. The van der Waals surface area contributed by atoms with Crippen LogP contribution in [0.4, 0.5) is 35.0 Å². The molecule has 134 valence electrons. The average Bonchev–Trinajstić information content (AvgIpc) is 2.50. The third-order valence-electron chi connectivity index (χ3n) is 3.68. The predicted octanol–water partition coefficient (Wildman–Crippen LogP) is 2.86. The van der Waals surface area contributed by atoms with Gasteiger partial charge < -0.3 is 20.9 Å². The number of rotatable bonds is 4. The van der Waals surface area contributed by atoms with Crippen molar-refractivity contribution in [3.8, 4) is 5.75 Å². The highest BCUT2D eigenvalue weighted by atomic mass is 19.4. The number of ether oxygens (including phenoxy) is 1. The smallest absolute Gasteiger partial charge is 0.420 e. The zero-order chi connectivity index (χ0) is 18.2. The zero-order valence-electron chi connectivity index (χ0n) is 12.7. The maximum absolute atomic E-state index is 13.3. The normalized spacial score (nSPS) is 20.0. The summed E-state index contributed by atoms with van der Waals surface area (Å²) in [6, 6.07) is 3.36. The second-order valence-electron chi connectivity index (χ2n) is 5.63. The van der Waals surface area contributed by atoms with Crippen LogP contribution in [0.15, 0.2) is 24.4 Å². The fourth-order valence-electron chi connectivity index (χ4n) is 2.32. The summed E-state index contributed by atoms with van der Waals surface area (Å²) in [5.74, 6) is -1.71. The Kier molecular flexibility index (Phi) is 4.38. The molecule has 1 aliphatic rings. The fourth-order valence-corrected chi connectivity index (χ4v) is 2.32. The number of alkyl halides is 3. The van der Waals surface area contributed by atoms with Crippen molar-refractivity contribution in [1.29, 1.82) is 0 Å². The molecule has 0 atom stereocenters. The number of nitrogens with two attached hydrogens (primary N) is 1. The van der Waals surface area contributed by atoms with Gasteiger partial charge in [0.15, 0.2) is 11.6 Å². The number of nitrogen functional groups attached to an aromatic ring is 1. The summed E-state index contributed by atoms with van der Waals surface area (Å²) in [7, 11) is 0. The van der Waals surface area contributed by atoms with E-state index in [0.29, 0.717) is 12.8 Å². The molecule has 0 unspecified atom stereocenters. The van der Waals surface area contributed by atoms with Gasteiger partial charge in [0.25, 0.3) is 0 Å². The van der Waals surface area contributed by atoms with Crippen LogP contribution in [0.5, 0.6) is 5.75 Å². The molecule has 10 heteroatoms. The summed E-state index contributed by atoms with van der Waals surface area (Å²) < 4.78 is 58.2.